The van der Waals surface area contributed by atoms with E-state index < -0.39 is 0 Å². The van der Waals surface area contributed by atoms with Crippen LogP contribution in [0.5, 0.6) is 0 Å². The lowest BCUT2D eigenvalue weighted by Crippen LogP contribution is -2.27. The number of hydrogen-bond donors (Lipinski definition) is 1. The predicted octanol–water partition coefficient (Wildman–Crippen LogP) is 4.31. The second-order valence-electron chi connectivity index (χ2n) is 7.32. The SMILES string of the molecule is CC1=CCC(C)N1c1ccc2[nH]cc(CC3CCCN3C)c2c1. The van der Waals surface area contributed by atoms with Crippen molar-refractivity contribution in [3.05, 3.63) is 41.7 Å². The van der Waals surface area contributed by atoms with Crippen LogP contribution in [0.1, 0.15) is 38.7 Å². The van der Waals surface area contributed by atoms with Gasteiger partial charge in [-0.25, -0.2) is 0 Å². The number of hydrogen-bond acceptors (Lipinski definition) is 2. The molecule has 2 aromatic rings. The summed E-state index contributed by atoms with van der Waals surface area (Å²) in [5.74, 6) is 0. The Labute approximate surface area is 139 Å². The van der Waals surface area contributed by atoms with E-state index in [1.165, 1.54) is 47.2 Å². The standard InChI is InChI=1S/C20H27N3/c1-14-6-7-15(2)23(14)18-8-9-20-19(12-18)16(13-21-20)11-17-5-4-10-22(17)3/h6,8-9,12-13,15,17,21H,4-5,7,10-11H2,1-3H3. The highest BCUT2D eigenvalue weighted by molar-refractivity contribution is 5.87. The highest BCUT2D eigenvalue weighted by Crippen LogP contribution is 2.33. The third-order valence-electron chi connectivity index (χ3n) is 5.73. The van der Waals surface area contributed by atoms with Gasteiger partial charge in [0.05, 0.1) is 0 Å². The summed E-state index contributed by atoms with van der Waals surface area (Å²) in [5.41, 5.74) is 5.44. The minimum atomic E-state index is 0.566. The maximum absolute atomic E-state index is 3.47. The zero-order chi connectivity index (χ0) is 16.0. The zero-order valence-electron chi connectivity index (χ0n) is 14.5. The van der Waals surface area contributed by atoms with Crippen molar-refractivity contribution in [2.75, 3.05) is 18.5 Å². The maximum atomic E-state index is 3.47. The number of anilines is 1. The molecular weight excluding hydrogens is 282 g/mol. The fraction of sp³-hybridized carbons (Fsp3) is 0.500. The van der Waals surface area contributed by atoms with E-state index >= 15 is 0 Å². The first-order valence-corrected chi connectivity index (χ1v) is 8.90. The molecule has 3 heterocycles. The average Bonchev–Trinajstić information content (AvgIpc) is 3.21. The van der Waals surface area contributed by atoms with Crippen LogP contribution >= 0.6 is 0 Å². The third-order valence-corrected chi connectivity index (χ3v) is 5.73. The van der Waals surface area contributed by atoms with E-state index in [0.29, 0.717) is 12.1 Å². The molecule has 0 aliphatic carbocycles. The topological polar surface area (TPSA) is 22.3 Å². The Bertz CT molecular complexity index is 742. The molecule has 23 heavy (non-hydrogen) atoms. The van der Waals surface area contributed by atoms with Gasteiger partial charge in [0.25, 0.3) is 0 Å². The Morgan fingerprint density at radius 2 is 2.17 bits per heavy atom. The molecule has 2 aliphatic rings. The highest BCUT2D eigenvalue weighted by atomic mass is 15.2. The van der Waals surface area contributed by atoms with E-state index in [-0.39, 0.29) is 0 Å². The summed E-state index contributed by atoms with van der Waals surface area (Å²) in [6, 6.07) is 8.14. The average molecular weight is 309 g/mol. The summed E-state index contributed by atoms with van der Waals surface area (Å²) in [7, 11) is 2.26. The molecular formula is C20H27N3. The molecule has 0 amide bonds. The molecule has 0 spiro atoms. The Balaban J connectivity index is 1.67. The summed E-state index contributed by atoms with van der Waals surface area (Å²) in [5, 5.41) is 1.40. The largest absolute Gasteiger partial charge is 0.361 e. The number of nitrogens with zero attached hydrogens (tertiary/aromatic N) is 2. The molecule has 2 aliphatic heterocycles. The molecule has 1 saturated heterocycles. The van der Waals surface area contributed by atoms with E-state index in [2.05, 4.69) is 66.2 Å². The molecule has 1 N–H and O–H groups in total. The van der Waals surface area contributed by atoms with Gasteiger partial charge in [0.2, 0.25) is 0 Å². The maximum Gasteiger partial charge on any atom is 0.0458 e. The van der Waals surface area contributed by atoms with Gasteiger partial charge in [-0.3, -0.25) is 0 Å². The third kappa shape index (κ3) is 2.57. The summed E-state index contributed by atoms with van der Waals surface area (Å²) in [6.45, 7) is 5.77. The number of benzene rings is 1. The Hall–Kier alpha value is -1.74. The second kappa shape index (κ2) is 5.72. The van der Waals surface area contributed by atoms with Crippen LogP contribution in [-0.4, -0.2) is 35.6 Å². The first-order chi connectivity index (χ1) is 11.1. The number of rotatable bonds is 3. The van der Waals surface area contributed by atoms with Crippen LogP contribution in [0.15, 0.2) is 36.2 Å². The van der Waals surface area contributed by atoms with Crippen LogP contribution in [0.25, 0.3) is 10.9 Å². The van der Waals surface area contributed by atoms with Crippen LogP contribution in [0.2, 0.25) is 0 Å². The van der Waals surface area contributed by atoms with Gasteiger partial charge in [0.1, 0.15) is 0 Å². The summed E-state index contributed by atoms with van der Waals surface area (Å²) in [6.07, 6.45) is 9.54. The van der Waals surface area contributed by atoms with E-state index in [0.717, 1.165) is 12.8 Å². The number of nitrogens with one attached hydrogen (secondary N) is 1. The molecule has 2 atom stereocenters. The van der Waals surface area contributed by atoms with Gasteiger partial charge in [0.15, 0.2) is 0 Å². The molecule has 3 heteroatoms. The van der Waals surface area contributed by atoms with Crippen molar-refractivity contribution < 1.29 is 0 Å². The van der Waals surface area contributed by atoms with Gasteiger partial charge in [0, 0.05) is 40.6 Å². The quantitative estimate of drug-likeness (QED) is 0.913. The number of likely N-dealkylation sites (tertiary alicyclic amines) is 1. The van der Waals surface area contributed by atoms with Gasteiger partial charge < -0.3 is 14.8 Å². The summed E-state index contributed by atoms with van der Waals surface area (Å²) in [4.78, 5) is 8.45. The summed E-state index contributed by atoms with van der Waals surface area (Å²) < 4.78 is 0. The molecule has 0 bridgehead atoms. The molecule has 0 saturated carbocycles. The number of H-pyrrole nitrogens is 1. The van der Waals surface area contributed by atoms with Crippen LogP contribution < -0.4 is 4.90 Å². The molecule has 3 nitrogen and oxygen atoms in total. The minimum Gasteiger partial charge on any atom is -0.361 e. The Morgan fingerprint density at radius 3 is 2.87 bits per heavy atom. The molecule has 122 valence electrons. The fourth-order valence-electron chi connectivity index (χ4n) is 4.33. The molecule has 1 fully saturated rings. The molecule has 1 aromatic carbocycles. The Kier molecular flexibility index (Phi) is 3.68. The molecule has 1 aromatic heterocycles. The monoisotopic (exact) mass is 309 g/mol. The fourth-order valence-corrected chi connectivity index (χ4v) is 4.33. The first kappa shape index (κ1) is 14.8. The zero-order valence-corrected chi connectivity index (χ0v) is 14.5. The van der Waals surface area contributed by atoms with Crippen molar-refractivity contribution >= 4 is 16.6 Å². The number of aromatic nitrogens is 1. The van der Waals surface area contributed by atoms with Crippen molar-refractivity contribution in [2.45, 2.75) is 51.6 Å². The smallest absolute Gasteiger partial charge is 0.0458 e. The van der Waals surface area contributed by atoms with E-state index in [1.807, 2.05) is 0 Å². The van der Waals surface area contributed by atoms with Crippen molar-refractivity contribution in [3.8, 4) is 0 Å². The van der Waals surface area contributed by atoms with E-state index in [9.17, 15) is 0 Å². The number of likely N-dealkylation sites (N-methyl/N-ethyl adjacent to an activating group) is 1. The molecule has 4 rings (SSSR count). The minimum absolute atomic E-state index is 0.566. The van der Waals surface area contributed by atoms with Crippen molar-refractivity contribution in [3.63, 3.8) is 0 Å². The normalized spacial score (nSPS) is 25.5. The molecule has 0 radical (unpaired) electrons. The first-order valence-electron chi connectivity index (χ1n) is 8.90. The van der Waals surface area contributed by atoms with Gasteiger partial charge in [-0.2, -0.15) is 0 Å². The lowest BCUT2D eigenvalue weighted by Gasteiger charge is -2.26. The van der Waals surface area contributed by atoms with Gasteiger partial charge in [-0.05, 0) is 76.9 Å². The van der Waals surface area contributed by atoms with Gasteiger partial charge in [-0.1, -0.05) is 6.08 Å². The van der Waals surface area contributed by atoms with Crippen LogP contribution in [-0.2, 0) is 6.42 Å². The van der Waals surface area contributed by atoms with Gasteiger partial charge >= 0.3 is 0 Å². The molecule has 2 unspecified atom stereocenters. The van der Waals surface area contributed by atoms with Crippen molar-refractivity contribution in [2.24, 2.45) is 0 Å². The van der Waals surface area contributed by atoms with E-state index in [1.54, 1.807) is 0 Å². The van der Waals surface area contributed by atoms with Crippen molar-refractivity contribution in [1.82, 2.24) is 9.88 Å². The predicted molar refractivity (Wildman–Crippen MR) is 98.0 cm³/mol. The highest BCUT2D eigenvalue weighted by Gasteiger charge is 2.24. The summed E-state index contributed by atoms with van der Waals surface area (Å²) >= 11 is 0. The van der Waals surface area contributed by atoms with E-state index in [4.69, 9.17) is 0 Å². The van der Waals surface area contributed by atoms with Crippen LogP contribution in [0.3, 0.4) is 0 Å². The Morgan fingerprint density at radius 1 is 1.30 bits per heavy atom. The lowest BCUT2D eigenvalue weighted by molar-refractivity contribution is 0.310. The number of aromatic amines is 1. The second-order valence-corrected chi connectivity index (χ2v) is 7.32. The van der Waals surface area contributed by atoms with Crippen LogP contribution in [0.4, 0.5) is 5.69 Å². The number of allylic oxidation sites excluding steroid dienone is 1. The van der Waals surface area contributed by atoms with Crippen molar-refractivity contribution in [1.29, 1.82) is 0 Å². The number of fused-ring (bicyclic) bond motifs is 1. The van der Waals surface area contributed by atoms with Crippen LogP contribution in [0, 0.1) is 0 Å². The lowest BCUT2D eigenvalue weighted by atomic mass is 10.0. The van der Waals surface area contributed by atoms with Gasteiger partial charge in [-0.15, -0.1) is 0 Å².